The van der Waals surface area contributed by atoms with E-state index in [4.69, 9.17) is 5.26 Å². The number of hydrogen-bond acceptors (Lipinski definition) is 3. The minimum atomic E-state index is -1.12. The van der Waals surface area contributed by atoms with Crippen LogP contribution in [0.5, 0.6) is 0 Å². The van der Waals surface area contributed by atoms with Crippen LogP contribution in [0.3, 0.4) is 0 Å². The van der Waals surface area contributed by atoms with Crippen LogP contribution in [0.25, 0.3) is 0 Å². The first kappa shape index (κ1) is 15.0. The van der Waals surface area contributed by atoms with Gasteiger partial charge in [-0.15, -0.1) is 4.72 Å². The third-order valence-electron chi connectivity index (χ3n) is 2.57. The van der Waals surface area contributed by atoms with Crippen LogP contribution in [-0.4, -0.2) is 9.30 Å². The van der Waals surface area contributed by atoms with E-state index in [9.17, 15) is 4.55 Å². The van der Waals surface area contributed by atoms with E-state index in [0.717, 1.165) is 11.1 Å². The molecule has 0 heterocycles. The lowest BCUT2D eigenvalue weighted by Gasteiger charge is -2.26. The fourth-order valence-corrected chi connectivity index (χ4v) is 2.34. The topological polar surface area (TPSA) is 58.9 Å². The third-order valence-corrected chi connectivity index (χ3v) is 4.25. The molecule has 0 saturated carbocycles. The fourth-order valence-electron chi connectivity index (χ4n) is 1.53. The molecule has 0 aromatic heterocycles. The molecule has 2 atom stereocenters. The summed E-state index contributed by atoms with van der Waals surface area (Å²) in [5, 5.41) is 8.95. The largest absolute Gasteiger partial charge is 0.598 e. The zero-order valence-corrected chi connectivity index (χ0v) is 12.4. The smallest absolute Gasteiger partial charge is 0.136 e. The highest BCUT2D eigenvalue weighted by Gasteiger charge is 2.28. The summed E-state index contributed by atoms with van der Waals surface area (Å²) in [5.74, 6) is 0. The molecule has 3 nitrogen and oxygen atoms in total. The molecule has 1 rings (SSSR count). The predicted molar refractivity (Wildman–Crippen MR) is 75.3 cm³/mol. The van der Waals surface area contributed by atoms with Gasteiger partial charge in [0.2, 0.25) is 0 Å². The number of benzene rings is 1. The van der Waals surface area contributed by atoms with Crippen LogP contribution in [-0.2, 0) is 11.4 Å². The Labute approximate surface area is 113 Å². The zero-order valence-electron chi connectivity index (χ0n) is 11.6. The maximum Gasteiger partial charge on any atom is 0.136 e. The summed E-state index contributed by atoms with van der Waals surface area (Å²) in [5.41, 5.74) is 2.67. The van der Waals surface area contributed by atoms with Gasteiger partial charge in [0.1, 0.15) is 4.75 Å². The van der Waals surface area contributed by atoms with Crippen LogP contribution < -0.4 is 4.72 Å². The van der Waals surface area contributed by atoms with Crippen molar-refractivity contribution in [1.29, 1.82) is 5.26 Å². The highest BCUT2D eigenvalue weighted by molar-refractivity contribution is 7.90. The molecule has 0 fully saturated rings. The monoisotopic (exact) mass is 264 g/mol. The molecule has 4 heteroatoms. The van der Waals surface area contributed by atoms with Gasteiger partial charge in [0.25, 0.3) is 0 Å². The van der Waals surface area contributed by atoms with Crippen molar-refractivity contribution in [3.63, 3.8) is 0 Å². The molecule has 0 spiro atoms. The van der Waals surface area contributed by atoms with Gasteiger partial charge in [-0.2, -0.15) is 5.26 Å². The summed E-state index contributed by atoms with van der Waals surface area (Å²) in [6.45, 7) is 9.71. The van der Waals surface area contributed by atoms with Crippen molar-refractivity contribution in [1.82, 2.24) is 4.72 Å². The van der Waals surface area contributed by atoms with Gasteiger partial charge >= 0.3 is 0 Å². The maximum atomic E-state index is 12.0. The molecule has 0 radical (unpaired) electrons. The molecule has 0 bridgehead atoms. The van der Waals surface area contributed by atoms with Gasteiger partial charge in [0, 0.05) is 11.4 Å². The summed E-state index contributed by atoms with van der Waals surface area (Å²) < 4.78 is 14.8. The van der Waals surface area contributed by atoms with Crippen LogP contribution in [0.2, 0.25) is 0 Å². The Hall–Kier alpha value is -1.02. The van der Waals surface area contributed by atoms with Gasteiger partial charge in [0.15, 0.2) is 0 Å². The Balaban J connectivity index is 2.88. The zero-order chi connectivity index (χ0) is 13.9. The number of hydrogen-bond donors (Lipinski definition) is 1. The predicted octanol–water partition coefficient (Wildman–Crippen LogP) is 2.98. The molecular formula is C14H20N2OS. The molecule has 1 aromatic rings. The molecule has 0 aliphatic rings. The average molecular weight is 264 g/mol. The highest BCUT2D eigenvalue weighted by Crippen LogP contribution is 2.21. The van der Waals surface area contributed by atoms with Crippen LogP contribution in [0, 0.1) is 18.3 Å². The van der Waals surface area contributed by atoms with Crippen molar-refractivity contribution in [3.05, 3.63) is 34.9 Å². The molecule has 1 aromatic carbocycles. The molecule has 1 unspecified atom stereocenters. The first-order chi connectivity index (χ1) is 8.24. The van der Waals surface area contributed by atoms with Gasteiger partial charge in [-0.3, -0.25) is 0 Å². The molecule has 18 heavy (non-hydrogen) atoms. The molecule has 98 valence electrons. The van der Waals surface area contributed by atoms with E-state index in [1.165, 1.54) is 0 Å². The number of nitrogens with one attached hydrogen (secondary N) is 1. The van der Waals surface area contributed by atoms with Crippen molar-refractivity contribution in [2.24, 2.45) is 0 Å². The second-order valence-corrected chi connectivity index (χ2v) is 7.46. The lowest BCUT2D eigenvalue weighted by molar-refractivity contribution is 0.531. The molecule has 0 saturated heterocycles. The Bertz CT molecular complexity index is 460. The Morgan fingerprint density at radius 3 is 2.44 bits per heavy atom. The lowest BCUT2D eigenvalue weighted by Crippen LogP contribution is -2.40. The second-order valence-electron chi connectivity index (χ2n) is 5.46. The number of aryl methyl sites for hydroxylation is 1. The highest BCUT2D eigenvalue weighted by atomic mass is 32.2. The summed E-state index contributed by atoms with van der Waals surface area (Å²) in [4.78, 5) is 0. The van der Waals surface area contributed by atoms with Crippen LogP contribution >= 0.6 is 0 Å². The molecule has 0 aliphatic heterocycles. The summed E-state index contributed by atoms with van der Waals surface area (Å²) in [6.07, 6.45) is 0. The average Bonchev–Trinajstić information content (AvgIpc) is 2.26. The molecule has 0 amide bonds. The Morgan fingerprint density at radius 1 is 1.33 bits per heavy atom. The van der Waals surface area contributed by atoms with Crippen molar-refractivity contribution >= 4 is 11.4 Å². The quantitative estimate of drug-likeness (QED) is 0.854. The minimum Gasteiger partial charge on any atom is -0.598 e. The van der Waals surface area contributed by atoms with Gasteiger partial charge < -0.3 is 4.55 Å². The minimum absolute atomic E-state index is 0.0444. The summed E-state index contributed by atoms with van der Waals surface area (Å²) in [6, 6.07) is 7.79. The summed E-state index contributed by atoms with van der Waals surface area (Å²) >= 11 is -1.12. The van der Waals surface area contributed by atoms with Crippen molar-refractivity contribution < 1.29 is 4.55 Å². The second kappa shape index (κ2) is 5.75. The number of rotatable bonds is 3. The maximum absolute atomic E-state index is 12.0. The van der Waals surface area contributed by atoms with Crippen molar-refractivity contribution in [2.75, 3.05) is 0 Å². The number of nitriles is 1. The first-order valence-electron chi connectivity index (χ1n) is 5.94. The lowest BCUT2D eigenvalue weighted by atomic mass is 10.0. The van der Waals surface area contributed by atoms with Gasteiger partial charge in [-0.05, 0) is 57.9 Å². The Morgan fingerprint density at radius 2 is 1.94 bits per heavy atom. The van der Waals surface area contributed by atoms with Crippen LogP contribution in [0.4, 0.5) is 0 Å². The standard InChI is InChI=1S/C14H20N2OS/c1-10-6-12(9-15)8-13(7-10)11(2)16-18(17)14(3,4)5/h6-8,11,16H,1-5H3/t11-,18?/m1/s1. The SMILES string of the molecule is Cc1cc(C#N)cc([C@@H](C)N[S+]([O-])C(C)(C)C)c1. The van der Waals surface area contributed by atoms with E-state index in [1.54, 1.807) is 0 Å². The fraction of sp³-hybridized carbons (Fsp3) is 0.500. The van der Waals surface area contributed by atoms with Gasteiger partial charge in [0.05, 0.1) is 17.7 Å². The van der Waals surface area contributed by atoms with E-state index >= 15 is 0 Å². The van der Waals surface area contributed by atoms with E-state index < -0.39 is 11.4 Å². The van der Waals surface area contributed by atoms with E-state index in [-0.39, 0.29) is 10.8 Å². The van der Waals surface area contributed by atoms with Crippen LogP contribution in [0.1, 0.15) is 50.4 Å². The summed E-state index contributed by atoms with van der Waals surface area (Å²) in [7, 11) is 0. The third kappa shape index (κ3) is 4.02. The van der Waals surface area contributed by atoms with E-state index in [1.807, 2.05) is 52.8 Å². The molecule has 1 N–H and O–H groups in total. The molecular weight excluding hydrogens is 244 g/mol. The van der Waals surface area contributed by atoms with Crippen LogP contribution in [0.15, 0.2) is 18.2 Å². The van der Waals surface area contributed by atoms with E-state index in [2.05, 4.69) is 10.8 Å². The van der Waals surface area contributed by atoms with Gasteiger partial charge in [-0.1, -0.05) is 6.07 Å². The van der Waals surface area contributed by atoms with E-state index in [0.29, 0.717) is 5.56 Å². The normalized spacial score (nSPS) is 14.9. The first-order valence-corrected chi connectivity index (χ1v) is 7.09. The number of nitrogens with zero attached hydrogens (tertiary/aromatic N) is 1. The Kier molecular flexibility index (Phi) is 4.80. The van der Waals surface area contributed by atoms with Crippen molar-refractivity contribution in [2.45, 2.75) is 45.4 Å². The molecule has 0 aliphatic carbocycles. The van der Waals surface area contributed by atoms with Crippen molar-refractivity contribution in [3.8, 4) is 6.07 Å². The van der Waals surface area contributed by atoms with Gasteiger partial charge in [-0.25, -0.2) is 0 Å².